The van der Waals surface area contributed by atoms with Crippen molar-refractivity contribution in [2.24, 2.45) is 0 Å². The molecule has 0 saturated carbocycles. The fraction of sp³-hybridized carbons (Fsp3) is 0.217. The summed E-state index contributed by atoms with van der Waals surface area (Å²) in [6.45, 7) is 0.779. The summed E-state index contributed by atoms with van der Waals surface area (Å²) in [5, 5.41) is 8.08. The summed E-state index contributed by atoms with van der Waals surface area (Å²) in [4.78, 5) is 0. The molecule has 0 amide bonds. The third-order valence-electron chi connectivity index (χ3n) is 4.95. The number of nitrogens with one attached hydrogen (secondary N) is 1. The van der Waals surface area contributed by atoms with Gasteiger partial charge >= 0.3 is 0 Å². The average Bonchev–Trinajstić information content (AvgIpc) is 3.24. The van der Waals surface area contributed by atoms with Gasteiger partial charge in [0, 0.05) is 6.54 Å². The lowest BCUT2D eigenvalue weighted by atomic mass is 10.2. The fourth-order valence-corrected chi connectivity index (χ4v) is 4.18. The molecule has 3 aromatic carbocycles. The maximum Gasteiger partial charge on any atom is 0.213 e. The Bertz CT molecular complexity index is 1290. The molecule has 0 atom stereocenters. The van der Waals surface area contributed by atoms with Gasteiger partial charge in [-0.25, -0.2) is 17.8 Å². The molecule has 0 aliphatic heterocycles. The second-order valence-electron chi connectivity index (χ2n) is 7.20. The highest BCUT2D eigenvalue weighted by molar-refractivity contribution is 7.89. The Balaban J connectivity index is 1.34. The molecule has 0 aliphatic rings. The van der Waals surface area contributed by atoms with E-state index >= 15 is 0 Å². The van der Waals surface area contributed by atoms with E-state index in [1.807, 2.05) is 60.7 Å². The molecule has 4 rings (SSSR count). The number of ether oxygens (including phenoxy) is 2. The summed E-state index contributed by atoms with van der Waals surface area (Å²) in [5.41, 5.74) is 3.35. The molecular weight excluding hydrogens is 428 g/mol. The Morgan fingerprint density at radius 2 is 1.72 bits per heavy atom. The number of rotatable bonds is 10. The zero-order chi connectivity index (χ0) is 22.4. The Kier molecular flexibility index (Phi) is 6.67. The molecule has 1 N–H and O–H groups in total. The fourth-order valence-electron chi connectivity index (χ4n) is 3.23. The normalized spacial score (nSPS) is 11.5. The van der Waals surface area contributed by atoms with Gasteiger partial charge in [-0.05, 0) is 35.4 Å². The highest BCUT2D eigenvalue weighted by Gasteiger charge is 2.14. The number of sulfonamides is 1. The number of fused-ring (bicyclic) bond motifs is 1. The first-order valence-corrected chi connectivity index (χ1v) is 11.8. The quantitative estimate of drug-likeness (QED) is 0.397. The number of aryl methyl sites for hydroxylation is 1. The molecule has 8 nitrogen and oxygen atoms in total. The highest BCUT2D eigenvalue weighted by atomic mass is 32.2. The molecule has 0 saturated heterocycles. The number of benzene rings is 3. The zero-order valence-electron chi connectivity index (χ0n) is 17.6. The summed E-state index contributed by atoms with van der Waals surface area (Å²) in [5.74, 6) is 1.04. The lowest BCUT2D eigenvalue weighted by Crippen LogP contribution is -2.28. The van der Waals surface area contributed by atoms with Crippen LogP contribution in [0.4, 0.5) is 0 Å². The van der Waals surface area contributed by atoms with Gasteiger partial charge in [0.2, 0.25) is 10.0 Å². The standard InChI is InChI=1S/C23H24N4O4S/c1-30-23-15-19(11-12-22(23)31-17-18-7-3-2-4-8-18)16-24-32(28,29)14-13-27-21-10-6-5-9-20(21)25-26-27/h2-12,15,24H,13-14,16-17H2,1H3. The Morgan fingerprint density at radius 3 is 2.53 bits per heavy atom. The van der Waals surface area contributed by atoms with Gasteiger partial charge in [-0.15, -0.1) is 5.10 Å². The first-order valence-electron chi connectivity index (χ1n) is 10.1. The van der Waals surface area contributed by atoms with Crippen LogP contribution in [0.3, 0.4) is 0 Å². The SMILES string of the molecule is COc1cc(CNS(=O)(=O)CCn2nnc3ccccc32)ccc1OCc1ccccc1. The second kappa shape index (κ2) is 9.80. The van der Waals surface area contributed by atoms with Crippen LogP contribution in [0.5, 0.6) is 11.5 Å². The second-order valence-corrected chi connectivity index (χ2v) is 9.13. The number of methoxy groups -OCH3 is 1. The Hall–Kier alpha value is -3.43. The molecule has 0 radical (unpaired) electrons. The van der Waals surface area contributed by atoms with Gasteiger partial charge in [-0.2, -0.15) is 0 Å². The molecular formula is C23H24N4O4S. The van der Waals surface area contributed by atoms with E-state index in [0.29, 0.717) is 18.1 Å². The number of aromatic nitrogens is 3. The van der Waals surface area contributed by atoms with E-state index in [0.717, 1.165) is 22.2 Å². The minimum Gasteiger partial charge on any atom is -0.493 e. The molecule has 1 heterocycles. The van der Waals surface area contributed by atoms with Crippen molar-refractivity contribution in [1.82, 2.24) is 19.7 Å². The molecule has 0 aliphatic carbocycles. The highest BCUT2D eigenvalue weighted by Crippen LogP contribution is 2.29. The van der Waals surface area contributed by atoms with Gasteiger partial charge in [0.25, 0.3) is 0 Å². The van der Waals surface area contributed by atoms with Gasteiger partial charge < -0.3 is 9.47 Å². The summed E-state index contributed by atoms with van der Waals surface area (Å²) < 4.78 is 40.5. The van der Waals surface area contributed by atoms with E-state index < -0.39 is 10.0 Å². The molecule has 0 fully saturated rings. The molecule has 166 valence electrons. The number of hydrogen-bond donors (Lipinski definition) is 1. The van der Waals surface area contributed by atoms with Crippen LogP contribution in [0.1, 0.15) is 11.1 Å². The lowest BCUT2D eigenvalue weighted by Gasteiger charge is -2.13. The van der Waals surface area contributed by atoms with Crippen LogP contribution < -0.4 is 14.2 Å². The minimum atomic E-state index is -3.51. The van der Waals surface area contributed by atoms with Gasteiger partial charge in [0.05, 0.1) is 24.9 Å². The molecule has 1 aromatic heterocycles. The maximum atomic E-state index is 12.5. The smallest absolute Gasteiger partial charge is 0.213 e. The van der Waals surface area contributed by atoms with E-state index in [1.165, 1.54) is 0 Å². The molecule has 9 heteroatoms. The Labute approximate surface area is 186 Å². The molecule has 0 bridgehead atoms. The van der Waals surface area contributed by atoms with Crippen LogP contribution in [-0.4, -0.2) is 36.3 Å². The van der Waals surface area contributed by atoms with E-state index in [-0.39, 0.29) is 18.8 Å². The monoisotopic (exact) mass is 452 g/mol. The third kappa shape index (κ3) is 5.43. The Morgan fingerprint density at radius 1 is 0.938 bits per heavy atom. The van der Waals surface area contributed by atoms with Gasteiger partial charge in [0.1, 0.15) is 12.1 Å². The average molecular weight is 453 g/mol. The topological polar surface area (TPSA) is 95.3 Å². The first-order chi connectivity index (χ1) is 15.5. The third-order valence-corrected chi connectivity index (χ3v) is 6.26. The largest absolute Gasteiger partial charge is 0.493 e. The number of hydrogen-bond acceptors (Lipinski definition) is 6. The molecule has 32 heavy (non-hydrogen) atoms. The predicted molar refractivity (Wildman–Crippen MR) is 122 cm³/mol. The molecule has 0 unspecified atom stereocenters. The van der Waals surface area contributed by atoms with Crippen molar-refractivity contribution in [3.05, 3.63) is 83.9 Å². The summed E-state index contributed by atoms with van der Waals surface area (Å²) >= 11 is 0. The van der Waals surface area contributed by atoms with Crippen LogP contribution in [0.25, 0.3) is 11.0 Å². The minimum absolute atomic E-state index is 0.101. The van der Waals surface area contributed by atoms with Crippen LogP contribution in [0.15, 0.2) is 72.8 Å². The van der Waals surface area contributed by atoms with Crippen molar-refractivity contribution in [3.63, 3.8) is 0 Å². The van der Waals surface area contributed by atoms with Crippen molar-refractivity contribution in [2.45, 2.75) is 19.7 Å². The van der Waals surface area contributed by atoms with Crippen molar-refractivity contribution in [2.75, 3.05) is 12.9 Å². The summed E-state index contributed by atoms with van der Waals surface area (Å²) in [6, 6.07) is 22.6. The summed E-state index contributed by atoms with van der Waals surface area (Å²) in [7, 11) is -1.95. The van der Waals surface area contributed by atoms with Crippen molar-refractivity contribution < 1.29 is 17.9 Å². The number of para-hydroxylation sites is 1. The van der Waals surface area contributed by atoms with Crippen molar-refractivity contribution in [3.8, 4) is 11.5 Å². The van der Waals surface area contributed by atoms with E-state index in [9.17, 15) is 8.42 Å². The lowest BCUT2D eigenvalue weighted by molar-refractivity contribution is 0.284. The van der Waals surface area contributed by atoms with Crippen molar-refractivity contribution >= 4 is 21.1 Å². The summed E-state index contributed by atoms with van der Waals surface area (Å²) in [6.07, 6.45) is 0. The van der Waals surface area contributed by atoms with Gasteiger partial charge in [-0.3, -0.25) is 0 Å². The first kappa shape index (κ1) is 21.8. The predicted octanol–water partition coefficient (Wildman–Crippen LogP) is 3.14. The van der Waals surface area contributed by atoms with E-state index in [2.05, 4.69) is 15.0 Å². The molecule has 4 aromatic rings. The van der Waals surface area contributed by atoms with E-state index in [4.69, 9.17) is 9.47 Å². The van der Waals surface area contributed by atoms with Gasteiger partial charge in [0.15, 0.2) is 11.5 Å². The van der Waals surface area contributed by atoms with Crippen LogP contribution >= 0.6 is 0 Å². The van der Waals surface area contributed by atoms with Crippen molar-refractivity contribution in [1.29, 1.82) is 0 Å². The van der Waals surface area contributed by atoms with Crippen LogP contribution in [0.2, 0.25) is 0 Å². The zero-order valence-corrected chi connectivity index (χ0v) is 18.5. The maximum absolute atomic E-state index is 12.5. The van der Waals surface area contributed by atoms with E-state index in [1.54, 1.807) is 23.9 Å². The molecule has 0 spiro atoms. The van der Waals surface area contributed by atoms with Crippen LogP contribution in [-0.2, 0) is 29.7 Å². The number of nitrogens with zero attached hydrogens (tertiary/aromatic N) is 3. The van der Waals surface area contributed by atoms with Gasteiger partial charge in [-0.1, -0.05) is 53.7 Å². The van der Waals surface area contributed by atoms with Crippen LogP contribution in [0, 0.1) is 0 Å².